The van der Waals surface area contributed by atoms with Crippen LogP contribution in [0.3, 0.4) is 0 Å². The monoisotopic (exact) mass is 435 g/mol. The van der Waals surface area contributed by atoms with Gasteiger partial charge in [-0.25, -0.2) is 0 Å². The van der Waals surface area contributed by atoms with Crippen LogP contribution in [0.4, 0.5) is 0 Å². The van der Waals surface area contributed by atoms with Crippen molar-refractivity contribution < 1.29 is 9.90 Å². The summed E-state index contributed by atoms with van der Waals surface area (Å²) < 4.78 is 0. The van der Waals surface area contributed by atoms with Gasteiger partial charge in [0, 0.05) is 11.8 Å². The van der Waals surface area contributed by atoms with Crippen LogP contribution in [0.2, 0.25) is 0 Å². The van der Waals surface area contributed by atoms with Crippen LogP contribution in [-0.2, 0) is 11.3 Å². The summed E-state index contributed by atoms with van der Waals surface area (Å²) in [5.74, 6) is 11.3. The molecule has 5 nitrogen and oxygen atoms in total. The number of rotatable bonds is 3. The second kappa shape index (κ2) is 7.69. The van der Waals surface area contributed by atoms with Crippen molar-refractivity contribution in [1.82, 2.24) is 15.0 Å². The molecule has 5 saturated carbocycles. The third-order valence-corrected chi connectivity index (χ3v) is 10.2. The number of hydrogen-bond donors (Lipinski definition) is 1. The van der Waals surface area contributed by atoms with Crippen molar-refractivity contribution in [1.29, 1.82) is 0 Å². The van der Waals surface area contributed by atoms with Crippen LogP contribution in [0.25, 0.3) is 0 Å². The molecule has 5 aliphatic carbocycles. The molecule has 0 bridgehead atoms. The minimum Gasteiger partial charge on any atom is -0.378 e. The molecule has 6 rings (SSSR count). The van der Waals surface area contributed by atoms with Crippen LogP contribution in [0.15, 0.2) is 12.4 Å². The maximum atomic E-state index is 13.2. The van der Waals surface area contributed by atoms with E-state index in [1.54, 1.807) is 17.2 Å². The van der Waals surface area contributed by atoms with Crippen molar-refractivity contribution in [3.05, 3.63) is 12.4 Å². The Hall–Kier alpha value is -1.67. The fourth-order valence-electron chi connectivity index (χ4n) is 8.56. The molecule has 0 spiro atoms. The molecule has 5 fully saturated rings. The van der Waals surface area contributed by atoms with Crippen LogP contribution in [-0.4, -0.2) is 31.5 Å². The molecule has 0 aliphatic heterocycles. The molecule has 8 atom stereocenters. The lowest BCUT2D eigenvalue weighted by Gasteiger charge is -2.56. The molecule has 0 radical (unpaired) electrons. The van der Waals surface area contributed by atoms with Gasteiger partial charge in [0.1, 0.15) is 12.1 Å². The highest BCUT2D eigenvalue weighted by Gasteiger charge is 2.59. The SMILES string of the molecule is C[C@]12CC[C@H]3[C@@H](CC[C@H]4C[C@](O)(C#CC5CC5)CC[C@@H]43)[C@@H]1CC[C@@H]2C(=O)Cn1nccn1. The first kappa shape index (κ1) is 20.9. The highest BCUT2D eigenvalue weighted by Crippen LogP contribution is 2.64. The van der Waals surface area contributed by atoms with E-state index in [-0.39, 0.29) is 11.3 Å². The lowest BCUT2D eigenvalue weighted by Crippen LogP contribution is -2.51. The first-order chi connectivity index (χ1) is 15.5. The number of fused-ring (bicyclic) bond motifs is 5. The van der Waals surface area contributed by atoms with Crippen LogP contribution >= 0.6 is 0 Å². The molecule has 0 amide bonds. The van der Waals surface area contributed by atoms with Gasteiger partial charge in [-0.3, -0.25) is 4.79 Å². The predicted octanol–water partition coefficient (Wildman–Crippen LogP) is 4.26. The van der Waals surface area contributed by atoms with Gasteiger partial charge in [-0.2, -0.15) is 15.0 Å². The Balaban J connectivity index is 1.15. The molecule has 1 aromatic heterocycles. The Labute approximate surface area is 191 Å². The minimum atomic E-state index is -0.731. The van der Waals surface area contributed by atoms with Crippen LogP contribution in [0, 0.1) is 58.7 Å². The van der Waals surface area contributed by atoms with Crippen molar-refractivity contribution in [2.45, 2.75) is 89.7 Å². The average molecular weight is 436 g/mol. The molecule has 1 N–H and O–H groups in total. The normalized spacial score (nSPS) is 45.2. The molecule has 172 valence electrons. The Kier molecular flexibility index (Phi) is 5.02. The molecular weight excluding hydrogens is 398 g/mol. The van der Waals surface area contributed by atoms with E-state index < -0.39 is 5.60 Å². The highest BCUT2D eigenvalue weighted by molar-refractivity contribution is 5.81. The van der Waals surface area contributed by atoms with Gasteiger partial charge >= 0.3 is 0 Å². The highest BCUT2D eigenvalue weighted by atomic mass is 16.3. The fourth-order valence-corrected chi connectivity index (χ4v) is 8.56. The molecule has 1 heterocycles. The minimum absolute atomic E-state index is 0.142. The zero-order chi connectivity index (χ0) is 21.9. The Morgan fingerprint density at radius 3 is 2.56 bits per heavy atom. The third-order valence-electron chi connectivity index (χ3n) is 10.2. The van der Waals surface area contributed by atoms with Crippen molar-refractivity contribution in [3.63, 3.8) is 0 Å². The maximum absolute atomic E-state index is 13.2. The van der Waals surface area contributed by atoms with E-state index >= 15 is 0 Å². The van der Waals surface area contributed by atoms with E-state index in [1.807, 2.05) is 0 Å². The third kappa shape index (κ3) is 3.54. The summed E-state index contributed by atoms with van der Waals surface area (Å²) in [5.41, 5.74) is -0.589. The van der Waals surface area contributed by atoms with Crippen molar-refractivity contribution in [2.24, 2.45) is 46.8 Å². The molecule has 32 heavy (non-hydrogen) atoms. The number of ketones is 1. The van der Waals surface area contributed by atoms with Crippen LogP contribution in [0.1, 0.15) is 77.6 Å². The lowest BCUT2D eigenvalue weighted by atomic mass is 9.49. The second-order valence-electron chi connectivity index (χ2n) is 12.0. The standard InChI is InChI=1S/C27H37N3O2/c1-26-11-9-21-20-10-13-27(32,12-8-18-2-3-18)16-19(20)4-5-22(21)23(26)6-7-24(26)25(31)17-30-28-14-15-29-30/h14-15,18-24,32H,2-7,9-11,13,16-17H2,1H3/t19-,20-,21+,22+,23-,24+,26-,27-/m0/s1. The van der Waals surface area contributed by atoms with E-state index in [0.29, 0.717) is 30.1 Å². The van der Waals surface area contributed by atoms with E-state index in [1.165, 1.54) is 44.9 Å². The molecule has 0 aromatic carbocycles. The maximum Gasteiger partial charge on any atom is 0.159 e. The zero-order valence-electron chi connectivity index (χ0n) is 19.4. The molecule has 5 aliphatic rings. The van der Waals surface area contributed by atoms with Crippen molar-refractivity contribution in [3.8, 4) is 11.8 Å². The summed E-state index contributed by atoms with van der Waals surface area (Å²) in [6, 6.07) is 0. The van der Waals surface area contributed by atoms with E-state index in [9.17, 15) is 9.90 Å². The zero-order valence-corrected chi connectivity index (χ0v) is 19.4. The van der Waals surface area contributed by atoms with E-state index in [0.717, 1.165) is 43.4 Å². The Morgan fingerprint density at radius 2 is 1.78 bits per heavy atom. The van der Waals surface area contributed by atoms with Gasteiger partial charge in [0.15, 0.2) is 5.78 Å². The topological polar surface area (TPSA) is 68.0 Å². The second-order valence-corrected chi connectivity index (χ2v) is 12.0. The van der Waals surface area contributed by atoms with Crippen LogP contribution < -0.4 is 0 Å². The van der Waals surface area contributed by atoms with Gasteiger partial charge in [0.25, 0.3) is 0 Å². The smallest absolute Gasteiger partial charge is 0.159 e. The van der Waals surface area contributed by atoms with E-state index in [2.05, 4.69) is 29.0 Å². The Morgan fingerprint density at radius 1 is 1.00 bits per heavy atom. The van der Waals surface area contributed by atoms with Crippen molar-refractivity contribution >= 4 is 5.78 Å². The number of aliphatic hydroxyl groups is 1. The summed E-state index contributed by atoms with van der Waals surface area (Å²) in [5, 5.41) is 19.5. The van der Waals surface area contributed by atoms with Gasteiger partial charge < -0.3 is 5.11 Å². The predicted molar refractivity (Wildman–Crippen MR) is 121 cm³/mol. The summed E-state index contributed by atoms with van der Waals surface area (Å²) in [6.45, 7) is 2.73. The summed E-state index contributed by atoms with van der Waals surface area (Å²) in [4.78, 5) is 14.8. The number of carbonyl (C=O) groups excluding carboxylic acids is 1. The van der Waals surface area contributed by atoms with Gasteiger partial charge in [-0.15, -0.1) is 0 Å². The molecule has 0 unspecified atom stereocenters. The molecule has 5 heteroatoms. The van der Waals surface area contributed by atoms with Gasteiger partial charge in [-0.05, 0) is 106 Å². The van der Waals surface area contributed by atoms with Gasteiger partial charge in [0.2, 0.25) is 0 Å². The summed E-state index contributed by atoms with van der Waals surface area (Å²) in [7, 11) is 0. The summed E-state index contributed by atoms with van der Waals surface area (Å²) in [6.07, 6.45) is 15.8. The van der Waals surface area contributed by atoms with Gasteiger partial charge in [-0.1, -0.05) is 18.8 Å². The molecule has 0 saturated heterocycles. The average Bonchev–Trinajstić information content (AvgIpc) is 3.34. The lowest BCUT2D eigenvalue weighted by molar-refractivity contribution is -0.132. The fraction of sp³-hybridized carbons (Fsp3) is 0.815. The quantitative estimate of drug-likeness (QED) is 0.721. The number of carbonyl (C=O) groups is 1. The number of Topliss-reactive ketones (excluding diaryl/α,β-unsaturated/α-hetero) is 1. The Bertz CT molecular complexity index is 928. The largest absolute Gasteiger partial charge is 0.378 e. The molecular formula is C27H37N3O2. The van der Waals surface area contributed by atoms with Crippen molar-refractivity contribution in [2.75, 3.05) is 0 Å². The van der Waals surface area contributed by atoms with Crippen LogP contribution in [0.5, 0.6) is 0 Å². The number of aromatic nitrogens is 3. The molecule has 1 aromatic rings. The number of hydrogen-bond acceptors (Lipinski definition) is 4. The first-order valence-electron chi connectivity index (χ1n) is 13.1. The van der Waals surface area contributed by atoms with E-state index in [4.69, 9.17) is 0 Å². The summed E-state index contributed by atoms with van der Waals surface area (Å²) >= 11 is 0. The van der Waals surface area contributed by atoms with Gasteiger partial charge in [0.05, 0.1) is 12.4 Å². The first-order valence-corrected chi connectivity index (χ1v) is 13.1. The number of nitrogens with zero attached hydrogens (tertiary/aromatic N) is 3.